The highest BCUT2D eigenvalue weighted by molar-refractivity contribution is 5.94. The number of rotatable bonds is 6. The van der Waals surface area contributed by atoms with E-state index in [2.05, 4.69) is 10.3 Å². The summed E-state index contributed by atoms with van der Waals surface area (Å²) in [5.74, 6) is -2.96. The standard InChI is InChI=1S/C12H15N3O6/c1-6(2)9(12(18)19)5-14-11(17)8-3-7(15(20)21)4-13-10(8)16/h3-4,6,9H,5H2,1-2H3,(H,13,16)(H,14,17)(H,18,19). The van der Waals surface area contributed by atoms with Gasteiger partial charge in [-0.05, 0) is 5.92 Å². The van der Waals surface area contributed by atoms with Crippen molar-refractivity contribution in [2.45, 2.75) is 13.8 Å². The van der Waals surface area contributed by atoms with E-state index in [4.69, 9.17) is 5.11 Å². The van der Waals surface area contributed by atoms with Crippen LogP contribution in [0.15, 0.2) is 17.1 Å². The lowest BCUT2D eigenvalue weighted by atomic mass is 9.96. The van der Waals surface area contributed by atoms with Crippen LogP contribution in [0.5, 0.6) is 0 Å². The minimum absolute atomic E-state index is 0.173. The number of nitrogens with zero attached hydrogens (tertiary/aromatic N) is 1. The molecule has 0 saturated heterocycles. The number of pyridine rings is 1. The summed E-state index contributed by atoms with van der Waals surface area (Å²) >= 11 is 0. The van der Waals surface area contributed by atoms with Gasteiger partial charge in [0, 0.05) is 12.6 Å². The number of carboxylic acid groups (broad SMARTS) is 1. The molecule has 0 bridgehead atoms. The van der Waals surface area contributed by atoms with Crippen LogP contribution >= 0.6 is 0 Å². The minimum atomic E-state index is -1.07. The lowest BCUT2D eigenvalue weighted by molar-refractivity contribution is -0.385. The van der Waals surface area contributed by atoms with Gasteiger partial charge < -0.3 is 15.4 Å². The summed E-state index contributed by atoms with van der Waals surface area (Å²) in [5, 5.41) is 21.9. The molecule has 0 aliphatic carbocycles. The third kappa shape index (κ3) is 4.13. The van der Waals surface area contributed by atoms with Crippen molar-refractivity contribution < 1.29 is 19.6 Å². The van der Waals surface area contributed by atoms with E-state index in [1.54, 1.807) is 13.8 Å². The van der Waals surface area contributed by atoms with Crippen molar-refractivity contribution in [2.24, 2.45) is 11.8 Å². The number of nitro groups is 1. The van der Waals surface area contributed by atoms with Crippen molar-refractivity contribution in [3.63, 3.8) is 0 Å². The second-order valence-corrected chi connectivity index (χ2v) is 4.76. The van der Waals surface area contributed by atoms with Gasteiger partial charge in [0.05, 0.1) is 17.0 Å². The van der Waals surface area contributed by atoms with Gasteiger partial charge in [-0.15, -0.1) is 0 Å². The first-order valence-electron chi connectivity index (χ1n) is 6.12. The number of carbonyl (C=O) groups excluding carboxylic acids is 1. The maximum absolute atomic E-state index is 11.8. The van der Waals surface area contributed by atoms with Crippen LogP contribution in [0.4, 0.5) is 5.69 Å². The zero-order valence-corrected chi connectivity index (χ0v) is 11.5. The Bertz CT molecular complexity index is 622. The van der Waals surface area contributed by atoms with Crippen molar-refractivity contribution in [1.82, 2.24) is 10.3 Å². The number of hydrogen-bond acceptors (Lipinski definition) is 5. The highest BCUT2D eigenvalue weighted by atomic mass is 16.6. The van der Waals surface area contributed by atoms with Gasteiger partial charge in [0.15, 0.2) is 0 Å². The van der Waals surface area contributed by atoms with Gasteiger partial charge in [0.25, 0.3) is 17.2 Å². The molecule has 0 radical (unpaired) electrons. The second-order valence-electron chi connectivity index (χ2n) is 4.76. The summed E-state index contributed by atoms with van der Waals surface area (Å²) in [6.45, 7) is 3.20. The molecule has 1 aromatic heterocycles. The first-order chi connectivity index (χ1) is 9.73. The molecule has 0 aromatic carbocycles. The molecular formula is C12H15N3O6. The monoisotopic (exact) mass is 297 g/mol. The molecule has 114 valence electrons. The normalized spacial score (nSPS) is 12.0. The number of amides is 1. The average Bonchev–Trinajstić information content (AvgIpc) is 2.37. The average molecular weight is 297 g/mol. The summed E-state index contributed by atoms with van der Waals surface area (Å²) in [5.41, 5.74) is -1.65. The zero-order chi connectivity index (χ0) is 16.2. The summed E-state index contributed by atoms with van der Waals surface area (Å²) < 4.78 is 0. The number of aliphatic carboxylic acids is 1. The molecule has 0 aliphatic heterocycles. The van der Waals surface area contributed by atoms with Gasteiger partial charge in [-0.25, -0.2) is 0 Å². The SMILES string of the molecule is CC(C)C(CNC(=O)c1cc([N+](=O)[O-])c[nH]c1=O)C(=O)O. The molecule has 0 fully saturated rings. The highest BCUT2D eigenvalue weighted by Gasteiger charge is 2.23. The van der Waals surface area contributed by atoms with Crippen LogP contribution in [-0.4, -0.2) is 33.4 Å². The van der Waals surface area contributed by atoms with Gasteiger partial charge in [0.2, 0.25) is 0 Å². The number of aromatic amines is 1. The zero-order valence-electron chi connectivity index (χ0n) is 11.5. The van der Waals surface area contributed by atoms with Crippen LogP contribution in [0.25, 0.3) is 0 Å². The molecule has 1 unspecified atom stereocenters. The maximum Gasteiger partial charge on any atom is 0.308 e. The van der Waals surface area contributed by atoms with Crippen molar-refractivity contribution in [3.05, 3.63) is 38.3 Å². The molecule has 9 nitrogen and oxygen atoms in total. The first kappa shape index (κ1) is 16.3. The van der Waals surface area contributed by atoms with Gasteiger partial charge in [-0.2, -0.15) is 0 Å². The van der Waals surface area contributed by atoms with Crippen LogP contribution < -0.4 is 10.9 Å². The van der Waals surface area contributed by atoms with Gasteiger partial charge >= 0.3 is 5.97 Å². The predicted molar refractivity (Wildman–Crippen MR) is 72.0 cm³/mol. The van der Waals surface area contributed by atoms with E-state index in [-0.39, 0.29) is 12.5 Å². The van der Waals surface area contributed by atoms with E-state index in [1.165, 1.54) is 0 Å². The molecule has 0 spiro atoms. The van der Waals surface area contributed by atoms with E-state index in [9.17, 15) is 24.5 Å². The molecule has 9 heteroatoms. The number of aromatic nitrogens is 1. The molecule has 1 rings (SSSR count). The number of nitrogens with one attached hydrogen (secondary N) is 2. The fraction of sp³-hybridized carbons (Fsp3) is 0.417. The molecule has 1 heterocycles. The summed E-state index contributed by atoms with van der Waals surface area (Å²) in [7, 11) is 0. The molecule has 0 saturated carbocycles. The number of carboxylic acids is 1. The van der Waals surface area contributed by atoms with E-state index < -0.39 is 39.5 Å². The van der Waals surface area contributed by atoms with Crippen LogP contribution in [0.2, 0.25) is 0 Å². The third-order valence-electron chi connectivity index (χ3n) is 2.95. The first-order valence-corrected chi connectivity index (χ1v) is 6.12. The van der Waals surface area contributed by atoms with Crippen molar-refractivity contribution in [3.8, 4) is 0 Å². The molecule has 0 aliphatic rings. The van der Waals surface area contributed by atoms with E-state index in [0.717, 1.165) is 12.3 Å². The molecule has 3 N–H and O–H groups in total. The number of H-pyrrole nitrogens is 1. The van der Waals surface area contributed by atoms with E-state index in [1.807, 2.05) is 0 Å². The second kappa shape index (κ2) is 6.64. The summed E-state index contributed by atoms with van der Waals surface area (Å²) in [6, 6.07) is 0.847. The number of carbonyl (C=O) groups is 2. The lowest BCUT2D eigenvalue weighted by Gasteiger charge is -2.16. The van der Waals surface area contributed by atoms with Gasteiger partial charge in [-0.3, -0.25) is 24.5 Å². The summed E-state index contributed by atoms with van der Waals surface area (Å²) in [6.07, 6.45) is 0.882. The molecule has 1 atom stereocenters. The Kier molecular flexibility index (Phi) is 5.17. The van der Waals surface area contributed by atoms with Crippen LogP contribution in [-0.2, 0) is 4.79 Å². The maximum atomic E-state index is 11.8. The Morgan fingerprint density at radius 1 is 1.48 bits per heavy atom. The largest absolute Gasteiger partial charge is 0.481 e. The van der Waals surface area contributed by atoms with Gasteiger partial charge in [-0.1, -0.05) is 13.8 Å². The Balaban J connectivity index is 2.90. The molecular weight excluding hydrogens is 282 g/mol. The van der Waals surface area contributed by atoms with Crippen molar-refractivity contribution >= 4 is 17.6 Å². The summed E-state index contributed by atoms with van der Waals surface area (Å²) in [4.78, 5) is 46.3. The predicted octanol–water partition coefficient (Wildman–Crippen LogP) is 0.370. The molecule has 1 amide bonds. The Morgan fingerprint density at radius 3 is 2.57 bits per heavy atom. The topological polar surface area (TPSA) is 142 Å². The van der Waals surface area contributed by atoms with E-state index >= 15 is 0 Å². The van der Waals surface area contributed by atoms with Crippen LogP contribution in [0.1, 0.15) is 24.2 Å². The fourth-order valence-electron chi connectivity index (χ4n) is 1.65. The fourth-order valence-corrected chi connectivity index (χ4v) is 1.65. The highest BCUT2D eigenvalue weighted by Crippen LogP contribution is 2.11. The van der Waals surface area contributed by atoms with Gasteiger partial charge in [0.1, 0.15) is 5.56 Å². The molecule has 21 heavy (non-hydrogen) atoms. The van der Waals surface area contributed by atoms with Crippen molar-refractivity contribution in [1.29, 1.82) is 0 Å². The van der Waals surface area contributed by atoms with Crippen LogP contribution in [0.3, 0.4) is 0 Å². The third-order valence-corrected chi connectivity index (χ3v) is 2.95. The lowest BCUT2D eigenvalue weighted by Crippen LogP contribution is -2.37. The Morgan fingerprint density at radius 2 is 2.10 bits per heavy atom. The molecule has 1 aromatic rings. The Labute approximate surface area is 119 Å². The number of hydrogen-bond donors (Lipinski definition) is 3. The quantitative estimate of drug-likeness (QED) is 0.511. The Hall–Kier alpha value is -2.71. The minimum Gasteiger partial charge on any atom is -0.481 e. The van der Waals surface area contributed by atoms with Crippen LogP contribution in [0, 0.1) is 22.0 Å². The van der Waals surface area contributed by atoms with Crippen molar-refractivity contribution in [2.75, 3.05) is 6.54 Å². The van der Waals surface area contributed by atoms with E-state index in [0.29, 0.717) is 0 Å². The smallest absolute Gasteiger partial charge is 0.308 e.